The van der Waals surface area contributed by atoms with Gasteiger partial charge in [-0.2, -0.15) is 0 Å². The fourth-order valence-corrected chi connectivity index (χ4v) is 3.24. The van der Waals surface area contributed by atoms with E-state index >= 15 is 0 Å². The molecule has 25 heavy (non-hydrogen) atoms. The fraction of sp³-hybridized carbons (Fsp3) is 0.421. The van der Waals surface area contributed by atoms with E-state index in [1.807, 2.05) is 48.7 Å². The van der Waals surface area contributed by atoms with Gasteiger partial charge in [-0.25, -0.2) is 0 Å². The average Bonchev–Trinajstić information content (AvgIpc) is 3.14. The van der Waals surface area contributed by atoms with Gasteiger partial charge in [0.05, 0.1) is 19.3 Å². The van der Waals surface area contributed by atoms with Gasteiger partial charge in [-0.1, -0.05) is 18.2 Å². The van der Waals surface area contributed by atoms with E-state index in [9.17, 15) is 9.90 Å². The van der Waals surface area contributed by atoms with Gasteiger partial charge in [0.25, 0.3) is 0 Å². The van der Waals surface area contributed by atoms with E-state index < -0.39 is 0 Å². The van der Waals surface area contributed by atoms with Crippen LogP contribution in [-0.2, 0) is 4.79 Å². The Morgan fingerprint density at radius 2 is 1.96 bits per heavy atom. The number of hydrogen-bond acceptors (Lipinski definition) is 5. The second-order valence-electron chi connectivity index (χ2n) is 5.48. The molecule has 2 N–H and O–H groups in total. The largest absolute Gasteiger partial charge is 0.490 e. The van der Waals surface area contributed by atoms with Gasteiger partial charge < -0.3 is 19.9 Å². The third-order valence-corrected chi connectivity index (χ3v) is 4.58. The van der Waals surface area contributed by atoms with E-state index in [1.165, 1.54) is 0 Å². The Morgan fingerprint density at radius 1 is 1.20 bits per heavy atom. The monoisotopic (exact) mass is 363 g/mol. The molecule has 2 rings (SSSR count). The van der Waals surface area contributed by atoms with Crippen molar-refractivity contribution in [3.05, 3.63) is 46.7 Å². The van der Waals surface area contributed by atoms with Crippen molar-refractivity contribution in [3.8, 4) is 11.5 Å². The molecule has 0 spiro atoms. The summed E-state index contributed by atoms with van der Waals surface area (Å²) in [6, 6.07) is 11.3. The van der Waals surface area contributed by atoms with E-state index in [4.69, 9.17) is 9.47 Å². The molecule has 0 bridgehead atoms. The van der Waals surface area contributed by atoms with Crippen LogP contribution in [0.3, 0.4) is 0 Å². The van der Waals surface area contributed by atoms with Crippen molar-refractivity contribution in [2.24, 2.45) is 0 Å². The molecule has 136 valence electrons. The summed E-state index contributed by atoms with van der Waals surface area (Å²) in [4.78, 5) is 13.2. The zero-order valence-corrected chi connectivity index (χ0v) is 15.3. The number of rotatable bonds is 11. The van der Waals surface area contributed by atoms with Crippen LogP contribution in [0.4, 0.5) is 0 Å². The molecule has 2 aromatic rings. The van der Waals surface area contributed by atoms with Gasteiger partial charge in [0.15, 0.2) is 11.5 Å². The number of benzene rings is 1. The lowest BCUT2D eigenvalue weighted by Crippen LogP contribution is -2.28. The van der Waals surface area contributed by atoms with Gasteiger partial charge in [-0.15, -0.1) is 11.3 Å². The molecule has 1 amide bonds. The van der Waals surface area contributed by atoms with E-state index in [1.54, 1.807) is 11.3 Å². The van der Waals surface area contributed by atoms with Crippen molar-refractivity contribution in [2.75, 3.05) is 19.8 Å². The van der Waals surface area contributed by atoms with Gasteiger partial charge in [0.2, 0.25) is 5.91 Å². The lowest BCUT2D eigenvalue weighted by molar-refractivity contribution is -0.122. The summed E-state index contributed by atoms with van der Waals surface area (Å²) in [6.45, 7) is 3.00. The van der Waals surface area contributed by atoms with Crippen molar-refractivity contribution < 1.29 is 19.4 Å². The lowest BCUT2D eigenvalue weighted by Gasteiger charge is -2.16. The SMILES string of the molecule is CCOc1ccccc1OCCCC(=O)N[C@@H](CCO)c1cccs1. The Bertz CT molecular complexity index is 630. The van der Waals surface area contributed by atoms with Crippen LogP contribution >= 0.6 is 11.3 Å². The van der Waals surface area contributed by atoms with E-state index in [0.29, 0.717) is 38.2 Å². The Kier molecular flexibility index (Phi) is 8.28. The molecule has 0 radical (unpaired) electrons. The first kappa shape index (κ1) is 19.3. The second kappa shape index (κ2) is 10.7. The molecule has 0 saturated carbocycles. The quantitative estimate of drug-likeness (QED) is 0.599. The number of carbonyl (C=O) groups is 1. The number of nitrogens with one attached hydrogen (secondary N) is 1. The summed E-state index contributed by atoms with van der Waals surface area (Å²) in [5.74, 6) is 1.38. The van der Waals surface area contributed by atoms with Gasteiger partial charge in [-0.05, 0) is 43.3 Å². The molecule has 0 saturated heterocycles. The lowest BCUT2D eigenvalue weighted by atomic mass is 10.1. The summed E-state index contributed by atoms with van der Waals surface area (Å²) in [5.41, 5.74) is 0. The van der Waals surface area contributed by atoms with E-state index in [2.05, 4.69) is 5.32 Å². The van der Waals surface area contributed by atoms with Crippen LogP contribution in [0.1, 0.15) is 37.1 Å². The van der Waals surface area contributed by atoms with E-state index in [-0.39, 0.29) is 18.6 Å². The molecule has 0 fully saturated rings. The zero-order valence-electron chi connectivity index (χ0n) is 14.4. The third kappa shape index (κ3) is 6.40. The predicted octanol–water partition coefficient (Wildman–Crippen LogP) is 3.55. The number of aliphatic hydroxyl groups is 1. The van der Waals surface area contributed by atoms with Gasteiger partial charge in [0, 0.05) is 17.9 Å². The highest BCUT2D eigenvalue weighted by atomic mass is 32.1. The normalized spacial score (nSPS) is 11.8. The summed E-state index contributed by atoms with van der Waals surface area (Å²) >= 11 is 1.58. The summed E-state index contributed by atoms with van der Waals surface area (Å²) in [5, 5.41) is 14.1. The Morgan fingerprint density at radius 3 is 2.60 bits per heavy atom. The first-order valence-corrected chi connectivity index (χ1v) is 9.40. The summed E-state index contributed by atoms with van der Waals surface area (Å²) in [6.07, 6.45) is 1.51. The Balaban J connectivity index is 1.75. The molecule has 5 nitrogen and oxygen atoms in total. The minimum absolute atomic E-state index is 0.0338. The Labute approximate surface area is 152 Å². The number of hydrogen-bond donors (Lipinski definition) is 2. The van der Waals surface area contributed by atoms with Crippen molar-refractivity contribution in [1.29, 1.82) is 0 Å². The Hall–Kier alpha value is -2.05. The summed E-state index contributed by atoms with van der Waals surface area (Å²) in [7, 11) is 0. The molecule has 0 aliphatic carbocycles. The van der Waals surface area contributed by atoms with E-state index in [0.717, 1.165) is 10.6 Å². The van der Waals surface area contributed by atoms with Crippen LogP contribution in [-0.4, -0.2) is 30.8 Å². The molecule has 0 aliphatic heterocycles. The molecular formula is C19H25NO4S. The highest BCUT2D eigenvalue weighted by Gasteiger charge is 2.15. The van der Waals surface area contributed by atoms with Gasteiger partial charge in [0.1, 0.15) is 0 Å². The van der Waals surface area contributed by atoms with Crippen molar-refractivity contribution in [2.45, 2.75) is 32.2 Å². The van der Waals surface area contributed by atoms with Crippen LogP contribution in [0.5, 0.6) is 11.5 Å². The number of amides is 1. The minimum Gasteiger partial charge on any atom is -0.490 e. The van der Waals surface area contributed by atoms with Crippen LogP contribution in [0.2, 0.25) is 0 Å². The zero-order chi connectivity index (χ0) is 17.9. The molecule has 0 unspecified atom stereocenters. The van der Waals surface area contributed by atoms with Crippen molar-refractivity contribution in [3.63, 3.8) is 0 Å². The standard InChI is InChI=1S/C19H25NO4S/c1-2-23-16-7-3-4-8-17(16)24-13-5-10-19(22)20-15(11-12-21)18-9-6-14-25-18/h3-4,6-9,14-15,21H,2,5,10-13H2,1H3,(H,20,22)/t15-/m0/s1. The molecule has 6 heteroatoms. The maximum atomic E-state index is 12.1. The predicted molar refractivity (Wildman–Crippen MR) is 99.2 cm³/mol. The van der Waals surface area contributed by atoms with Crippen molar-refractivity contribution in [1.82, 2.24) is 5.32 Å². The highest BCUT2D eigenvalue weighted by Crippen LogP contribution is 2.26. The van der Waals surface area contributed by atoms with Crippen LogP contribution < -0.4 is 14.8 Å². The topological polar surface area (TPSA) is 67.8 Å². The molecule has 1 aromatic heterocycles. The maximum Gasteiger partial charge on any atom is 0.220 e. The second-order valence-corrected chi connectivity index (χ2v) is 6.46. The molecule has 1 aromatic carbocycles. The van der Waals surface area contributed by atoms with Crippen LogP contribution in [0.25, 0.3) is 0 Å². The van der Waals surface area contributed by atoms with Crippen LogP contribution in [0.15, 0.2) is 41.8 Å². The smallest absolute Gasteiger partial charge is 0.220 e. The third-order valence-electron chi connectivity index (χ3n) is 3.59. The van der Waals surface area contributed by atoms with Gasteiger partial charge in [-0.3, -0.25) is 4.79 Å². The van der Waals surface area contributed by atoms with Gasteiger partial charge >= 0.3 is 0 Å². The van der Waals surface area contributed by atoms with Crippen molar-refractivity contribution >= 4 is 17.2 Å². The number of carbonyl (C=O) groups excluding carboxylic acids is 1. The number of thiophene rings is 1. The van der Waals surface area contributed by atoms with Crippen LogP contribution in [0, 0.1) is 0 Å². The first-order chi connectivity index (χ1) is 12.2. The molecule has 1 atom stereocenters. The molecule has 0 aliphatic rings. The fourth-order valence-electron chi connectivity index (χ4n) is 2.43. The number of para-hydroxylation sites is 2. The highest BCUT2D eigenvalue weighted by molar-refractivity contribution is 7.10. The minimum atomic E-state index is -0.128. The molecule has 1 heterocycles. The maximum absolute atomic E-state index is 12.1. The first-order valence-electron chi connectivity index (χ1n) is 8.52. The number of ether oxygens (including phenoxy) is 2. The summed E-state index contributed by atoms with van der Waals surface area (Å²) < 4.78 is 11.2. The number of aliphatic hydroxyl groups excluding tert-OH is 1. The molecular weight excluding hydrogens is 338 g/mol. The average molecular weight is 363 g/mol.